The monoisotopic (exact) mass is 250 g/mol. The molecule has 0 aliphatic heterocycles. The van der Waals surface area contributed by atoms with Crippen LogP contribution in [0.1, 0.15) is 44.1 Å². The third-order valence-corrected chi connectivity index (χ3v) is 4.20. The topological polar surface area (TPSA) is 28.4 Å². The van der Waals surface area contributed by atoms with E-state index in [-0.39, 0.29) is 0 Å². The second-order valence-corrected chi connectivity index (χ2v) is 5.43. The van der Waals surface area contributed by atoms with E-state index in [0.29, 0.717) is 6.04 Å². The highest BCUT2D eigenvalue weighted by molar-refractivity contribution is 5.07. The number of aryl methyl sites for hydroxylation is 1. The van der Waals surface area contributed by atoms with Crippen molar-refractivity contribution in [3.63, 3.8) is 0 Å². The minimum Gasteiger partial charge on any atom is -0.465 e. The number of nitrogens with one attached hydrogen (secondary N) is 1. The molecule has 1 aromatic rings. The third kappa shape index (κ3) is 3.36. The largest absolute Gasteiger partial charge is 0.465 e. The lowest BCUT2D eigenvalue weighted by Crippen LogP contribution is -2.39. The predicted molar refractivity (Wildman–Crippen MR) is 74.7 cm³/mol. The summed E-state index contributed by atoms with van der Waals surface area (Å²) in [4.78, 5) is 2.45. The number of furan rings is 1. The maximum Gasteiger partial charge on any atom is 0.118 e. The van der Waals surface area contributed by atoms with Gasteiger partial charge in [0.1, 0.15) is 11.5 Å². The Kier molecular flexibility index (Phi) is 4.84. The summed E-state index contributed by atoms with van der Waals surface area (Å²) in [7, 11) is 4.29. The molecule has 3 heteroatoms. The first-order valence-electron chi connectivity index (χ1n) is 7.18. The van der Waals surface area contributed by atoms with Crippen molar-refractivity contribution >= 4 is 0 Å². The smallest absolute Gasteiger partial charge is 0.118 e. The van der Waals surface area contributed by atoms with Gasteiger partial charge in [0.25, 0.3) is 0 Å². The third-order valence-electron chi connectivity index (χ3n) is 4.20. The Morgan fingerprint density at radius 3 is 2.44 bits per heavy atom. The minimum atomic E-state index is 0.713. The van der Waals surface area contributed by atoms with Gasteiger partial charge in [-0.25, -0.2) is 0 Å². The van der Waals surface area contributed by atoms with Gasteiger partial charge in [-0.2, -0.15) is 0 Å². The van der Waals surface area contributed by atoms with E-state index < -0.39 is 0 Å². The van der Waals surface area contributed by atoms with Crippen LogP contribution in [0.25, 0.3) is 0 Å². The average molecular weight is 250 g/mol. The van der Waals surface area contributed by atoms with Gasteiger partial charge in [-0.15, -0.1) is 0 Å². The SMILES string of the molecule is CCc1ccc(CN(C)C2CCC(NC)CC2)o1. The Bertz CT molecular complexity index is 353. The lowest BCUT2D eigenvalue weighted by atomic mass is 9.90. The van der Waals surface area contributed by atoms with Crippen LogP contribution in [0.5, 0.6) is 0 Å². The van der Waals surface area contributed by atoms with E-state index in [1.807, 2.05) is 0 Å². The Labute approximate surface area is 111 Å². The summed E-state index contributed by atoms with van der Waals surface area (Å²) in [6.07, 6.45) is 6.16. The van der Waals surface area contributed by atoms with E-state index in [1.54, 1.807) is 0 Å². The predicted octanol–water partition coefficient (Wildman–Crippen LogP) is 2.80. The molecule has 0 radical (unpaired) electrons. The molecule has 0 atom stereocenters. The molecule has 3 nitrogen and oxygen atoms in total. The van der Waals surface area contributed by atoms with Gasteiger partial charge in [-0.05, 0) is 51.9 Å². The molecule has 1 heterocycles. The molecule has 0 amide bonds. The normalized spacial score (nSPS) is 24.7. The number of nitrogens with zero attached hydrogens (tertiary/aromatic N) is 1. The van der Waals surface area contributed by atoms with E-state index in [2.05, 4.69) is 43.4 Å². The van der Waals surface area contributed by atoms with Crippen LogP contribution in [0.4, 0.5) is 0 Å². The van der Waals surface area contributed by atoms with Crippen LogP contribution in [-0.4, -0.2) is 31.1 Å². The van der Waals surface area contributed by atoms with Crippen LogP contribution in [0.3, 0.4) is 0 Å². The second kappa shape index (κ2) is 6.39. The molecular formula is C15H26N2O. The van der Waals surface area contributed by atoms with Crippen molar-refractivity contribution in [1.82, 2.24) is 10.2 Å². The molecule has 1 N–H and O–H groups in total. The van der Waals surface area contributed by atoms with E-state index in [4.69, 9.17) is 4.42 Å². The van der Waals surface area contributed by atoms with Crippen molar-refractivity contribution in [3.05, 3.63) is 23.7 Å². The molecule has 102 valence electrons. The van der Waals surface area contributed by atoms with Gasteiger partial charge in [0.15, 0.2) is 0 Å². The van der Waals surface area contributed by atoms with Gasteiger partial charge >= 0.3 is 0 Å². The van der Waals surface area contributed by atoms with E-state index in [0.717, 1.165) is 30.5 Å². The van der Waals surface area contributed by atoms with Crippen LogP contribution < -0.4 is 5.32 Å². The fourth-order valence-corrected chi connectivity index (χ4v) is 2.88. The number of rotatable bonds is 5. The van der Waals surface area contributed by atoms with Gasteiger partial charge in [-0.1, -0.05) is 6.92 Å². The van der Waals surface area contributed by atoms with Crippen LogP contribution in [0.15, 0.2) is 16.5 Å². The molecule has 1 saturated carbocycles. The van der Waals surface area contributed by atoms with Gasteiger partial charge in [0.05, 0.1) is 6.54 Å². The maximum atomic E-state index is 5.78. The van der Waals surface area contributed by atoms with E-state index >= 15 is 0 Å². The second-order valence-electron chi connectivity index (χ2n) is 5.43. The van der Waals surface area contributed by atoms with Crippen molar-refractivity contribution < 1.29 is 4.42 Å². The van der Waals surface area contributed by atoms with Crippen molar-refractivity contribution in [3.8, 4) is 0 Å². The molecule has 1 aliphatic carbocycles. The molecule has 0 bridgehead atoms. The van der Waals surface area contributed by atoms with Crippen LogP contribution in [0, 0.1) is 0 Å². The highest BCUT2D eigenvalue weighted by atomic mass is 16.3. The summed E-state index contributed by atoms with van der Waals surface area (Å²) in [5.41, 5.74) is 0. The number of hydrogen-bond acceptors (Lipinski definition) is 3. The molecule has 0 saturated heterocycles. The fraction of sp³-hybridized carbons (Fsp3) is 0.733. The molecular weight excluding hydrogens is 224 g/mol. The van der Waals surface area contributed by atoms with Gasteiger partial charge in [0.2, 0.25) is 0 Å². The molecule has 0 unspecified atom stereocenters. The van der Waals surface area contributed by atoms with Gasteiger partial charge < -0.3 is 9.73 Å². The van der Waals surface area contributed by atoms with Crippen LogP contribution in [-0.2, 0) is 13.0 Å². The van der Waals surface area contributed by atoms with E-state index in [1.165, 1.54) is 25.7 Å². The summed E-state index contributed by atoms with van der Waals surface area (Å²) in [5, 5.41) is 3.39. The van der Waals surface area contributed by atoms with Crippen LogP contribution >= 0.6 is 0 Å². The zero-order valence-corrected chi connectivity index (χ0v) is 11.9. The van der Waals surface area contributed by atoms with E-state index in [9.17, 15) is 0 Å². The first-order valence-corrected chi connectivity index (χ1v) is 7.18. The zero-order valence-electron chi connectivity index (χ0n) is 11.9. The lowest BCUT2D eigenvalue weighted by molar-refractivity contribution is 0.159. The summed E-state index contributed by atoms with van der Waals surface area (Å²) < 4.78 is 5.78. The molecule has 2 rings (SSSR count). The van der Waals surface area contributed by atoms with Crippen molar-refractivity contribution in [1.29, 1.82) is 0 Å². The Morgan fingerprint density at radius 2 is 1.89 bits per heavy atom. The summed E-state index contributed by atoms with van der Waals surface area (Å²) in [5.74, 6) is 2.20. The Hall–Kier alpha value is -0.800. The Balaban J connectivity index is 1.82. The number of hydrogen-bond donors (Lipinski definition) is 1. The van der Waals surface area contributed by atoms with Crippen LogP contribution in [0.2, 0.25) is 0 Å². The minimum absolute atomic E-state index is 0.713. The molecule has 1 aromatic heterocycles. The first-order chi connectivity index (χ1) is 8.72. The van der Waals surface area contributed by atoms with Crippen molar-refractivity contribution in [2.45, 2.75) is 57.7 Å². The maximum absolute atomic E-state index is 5.78. The quantitative estimate of drug-likeness (QED) is 0.871. The summed E-state index contributed by atoms with van der Waals surface area (Å²) in [6.45, 7) is 3.07. The lowest BCUT2D eigenvalue weighted by Gasteiger charge is -2.34. The van der Waals surface area contributed by atoms with Crippen molar-refractivity contribution in [2.75, 3.05) is 14.1 Å². The van der Waals surface area contributed by atoms with Crippen molar-refractivity contribution in [2.24, 2.45) is 0 Å². The Morgan fingerprint density at radius 1 is 1.22 bits per heavy atom. The highest BCUT2D eigenvalue weighted by Crippen LogP contribution is 2.23. The molecule has 0 spiro atoms. The van der Waals surface area contributed by atoms with Gasteiger partial charge in [0, 0.05) is 18.5 Å². The standard InChI is InChI=1S/C15H26N2O/c1-4-14-9-10-15(18-14)11-17(3)13-7-5-12(16-2)6-8-13/h9-10,12-13,16H,4-8,11H2,1-3H3. The zero-order chi connectivity index (χ0) is 13.0. The molecule has 18 heavy (non-hydrogen) atoms. The summed E-state index contributed by atoms with van der Waals surface area (Å²) in [6, 6.07) is 5.66. The molecule has 1 fully saturated rings. The first kappa shape index (κ1) is 13.6. The molecule has 0 aromatic carbocycles. The van der Waals surface area contributed by atoms with Gasteiger partial charge in [-0.3, -0.25) is 4.90 Å². The highest BCUT2D eigenvalue weighted by Gasteiger charge is 2.23. The molecule has 1 aliphatic rings. The fourth-order valence-electron chi connectivity index (χ4n) is 2.88. The average Bonchev–Trinajstić information content (AvgIpc) is 2.86. The summed E-state index contributed by atoms with van der Waals surface area (Å²) >= 11 is 0.